The van der Waals surface area contributed by atoms with Gasteiger partial charge in [0.2, 0.25) is 0 Å². The van der Waals surface area contributed by atoms with Gasteiger partial charge in [0, 0.05) is 18.4 Å². The Balaban J connectivity index is 1.91. The molecule has 1 unspecified atom stereocenters. The van der Waals surface area contributed by atoms with Crippen LogP contribution in [0.3, 0.4) is 0 Å². The molecule has 1 atom stereocenters. The fraction of sp³-hybridized carbons (Fsp3) is 0.875. The summed E-state index contributed by atoms with van der Waals surface area (Å²) in [6.45, 7) is 6.51. The van der Waals surface area contributed by atoms with Gasteiger partial charge in [0.1, 0.15) is 11.6 Å². The molecule has 4 nitrogen and oxygen atoms in total. The van der Waals surface area contributed by atoms with Crippen LogP contribution in [0.1, 0.15) is 64.0 Å². The van der Waals surface area contributed by atoms with Gasteiger partial charge in [-0.2, -0.15) is 0 Å². The van der Waals surface area contributed by atoms with Gasteiger partial charge in [0.25, 0.3) is 0 Å². The van der Waals surface area contributed by atoms with Crippen LogP contribution in [-0.4, -0.2) is 21.3 Å². The lowest BCUT2D eigenvalue weighted by molar-refractivity contribution is 0.301. The Morgan fingerprint density at radius 1 is 1.30 bits per heavy atom. The number of aromatic nitrogens is 3. The predicted octanol–water partition coefficient (Wildman–Crippen LogP) is 2.66. The summed E-state index contributed by atoms with van der Waals surface area (Å²) in [5.74, 6) is 3.79. The number of hydrogen-bond acceptors (Lipinski definition) is 3. The van der Waals surface area contributed by atoms with Gasteiger partial charge in [-0.15, -0.1) is 10.2 Å². The molecule has 4 heteroatoms. The van der Waals surface area contributed by atoms with Crippen LogP contribution in [-0.2, 0) is 18.4 Å². The summed E-state index contributed by atoms with van der Waals surface area (Å²) in [5, 5.41) is 9.16. The van der Waals surface area contributed by atoms with Crippen molar-refractivity contribution >= 4 is 0 Å². The third-order valence-electron chi connectivity index (χ3n) is 5.23. The number of fused-ring (bicyclic) bond motifs is 1. The minimum Gasteiger partial charge on any atom is -0.330 e. The van der Waals surface area contributed by atoms with Gasteiger partial charge >= 0.3 is 0 Å². The molecule has 2 heterocycles. The number of nitrogens with zero attached hydrogens (tertiary/aromatic N) is 3. The maximum atomic E-state index is 5.82. The van der Waals surface area contributed by atoms with Crippen molar-refractivity contribution in [3.05, 3.63) is 11.6 Å². The third-order valence-corrected chi connectivity index (χ3v) is 5.23. The maximum Gasteiger partial charge on any atom is 0.139 e. The molecule has 0 saturated heterocycles. The van der Waals surface area contributed by atoms with E-state index in [2.05, 4.69) is 28.6 Å². The first kappa shape index (κ1) is 14.1. The summed E-state index contributed by atoms with van der Waals surface area (Å²) >= 11 is 0. The minimum absolute atomic E-state index is 0.301. The zero-order valence-electron chi connectivity index (χ0n) is 12.9. The average Bonchev–Trinajstić information content (AvgIpc) is 3.04. The Morgan fingerprint density at radius 2 is 2.05 bits per heavy atom. The number of nitrogens with two attached hydrogens (primary N) is 1. The largest absolute Gasteiger partial charge is 0.330 e. The standard InChI is InChI=1S/C16H28N4/c1-12(2)10-16(6-3-4-7-16)15-19-18-14-9-13(11-17)5-8-20(14)15/h12-13H,3-11,17H2,1-2H3. The predicted molar refractivity (Wildman–Crippen MR) is 80.5 cm³/mol. The van der Waals surface area contributed by atoms with E-state index in [1.165, 1.54) is 50.2 Å². The monoisotopic (exact) mass is 276 g/mol. The second kappa shape index (κ2) is 5.47. The first-order valence-corrected chi connectivity index (χ1v) is 8.27. The van der Waals surface area contributed by atoms with Crippen molar-refractivity contribution in [3.8, 4) is 0 Å². The molecule has 0 amide bonds. The van der Waals surface area contributed by atoms with Crippen molar-refractivity contribution in [3.63, 3.8) is 0 Å². The highest BCUT2D eigenvalue weighted by Gasteiger charge is 2.41. The quantitative estimate of drug-likeness (QED) is 0.920. The molecule has 112 valence electrons. The molecule has 2 aliphatic rings. The van der Waals surface area contributed by atoms with Crippen molar-refractivity contribution in [2.45, 2.75) is 70.8 Å². The van der Waals surface area contributed by atoms with Crippen molar-refractivity contribution in [1.29, 1.82) is 0 Å². The van der Waals surface area contributed by atoms with E-state index in [0.717, 1.165) is 25.4 Å². The molecular weight excluding hydrogens is 248 g/mol. The van der Waals surface area contributed by atoms with E-state index >= 15 is 0 Å². The molecule has 20 heavy (non-hydrogen) atoms. The molecule has 0 bridgehead atoms. The smallest absolute Gasteiger partial charge is 0.139 e. The highest BCUT2D eigenvalue weighted by Crippen LogP contribution is 2.45. The van der Waals surface area contributed by atoms with Crippen LogP contribution < -0.4 is 5.73 Å². The summed E-state index contributed by atoms with van der Waals surface area (Å²) in [6, 6.07) is 0. The van der Waals surface area contributed by atoms with Gasteiger partial charge in [-0.3, -0.25) is 0 Å². The fourth-order valence-electron chi connectivity index (χ4n) is 4.34. The van der Waals surface area contributed by atoms with E-state index < -0.39 is 0 Å². The highest BCUT2D eigenvalue weighted by atomic mass is 15.3. The Kier molecular flexibility index (Phi) is 3.85. The molecule has 1 saturated carbocycles. The molecule has 1 fully saturated rings. The van der Waals surface area contributed by atoms with Gasteiger partial charge in [-0.1, -0.05) is 26.7 Å². The van der Waals surface area contributed by atoms with Crippen molar-refractivity contribution in [1.82, 2.24) is 14.8 Å². The molecule has 0 radical (unpaired) electrons. The van der Waals surface area contributed by atoms with Crippen LogP contribution in [0.4, 0.5) is 0 Å². The summed E-state index contributed by atoms with van der Waals surface area (Å²) in [6.07, 6.45) is 8.74. The molecule has 3 rings (SSSR count). The average molecular weight is 276 g/mol. The van der Waals surface area contributed by atoms with Crippen LogP contribution in [0.5, 0.6) is 0 Å². The van der Waals surface area contributed by atoms with Crippen LogP contribution in [0, 0.1) is 11.8 Å². The Bertz CT molecular complexity index is 457. The number of rotatable bonds is 4. The van der Waals surface area contributed by atoms with Crippen LogP contribution in [0.15, 0.2) is 0 Å². The first-order valence-electron chi connectivity index (χ1n) is 8.27. The van der Waals surface area contributed by atoms with E-state index in [4.69, 9.17) is 5.73 Å². The van der Waals surface area contributed by atoms with Gasteiger partial charge in [-0.05, 0) is 44.1 Å². The molecule has 1 aliphatic heterocycles. The van der Waals surface area contributed by atoms with Gasteiger partial charge in [0.15, 0.2) is 0 Å². The molecule has 0 spiro atoms. The minimum atomic E-state index is 0.301. The fourth-order valence-corrected chi connectivity index (χ4v) is 4.34. The summed E-state index contributed by atoms with van der Waals surface area (Å²) in [4.78, 5) is 0. The van der Waals surface area contributed by atoms with Gasteiger partial charge in [0.05, 0.1) is 0 Å². The lowest BCUT2D eigenvalue weighted by Gasteiger charge is -2.32. The summed E-state index contributed by atoms with van der Waals surface area (Å²) in [5.41, 5.74) is 6.12. The maximum absolute atomic E-state index is 5.82. The Labute approximate surface area is 122 Å². The Morgan fingerprint density at radius 3 is 2.70 bits per heavy atom. The molecule has 1 aromatic heterocycles. The SMILES string of the molecule is CC(C)CC1(c2nnc3n2CCC(CN)C3)CCCC1. The summed E-state index contributed by atoms with van der Waals surface area (Å²) in [7, 11) is 0. The van der Waals surface area contributed by atoms with E-state index in [1.54, 1.807) is 0 Å². The third kappa shape index (κ3) is 2.39. The lowest BCUT2D eigenvalue weighted by Crippen LogP contribution is -2.32. The Hall–Kier alpha value is -0.900. The van der Waals surface area contributed by atoms with E-state index in [-0.39, 0.29) is 0 Å². The van der Waals surface area contributed by atoms with Crippen LogP contribution in [0.2, 0.25) is 0 Å². The number of hydrogen-bond donors (Lipinski definition) is 1. The second-order valence-electron chi connectivity index (χ2n) is 7.27. The molecule has 0 aromatic carbocycles. The van der Waals surface area contributed by atoms with E-state index in [1.807, 2.05) is 0 Å². The van der Waals surface area contributed by atoms with Crippen LogP contribution in [0.25, 0.3) is 0 Å². The van der Waals surface area contributed by atoms with Gasteiger partial charge in [-0.25, -0.2) is 0 Å². The summed E-state index contributed by atoms with van der Waals surface area (Å²) < 4.78 is 2.43. The van der Waals surface area contributed by atoms with Crippen molar-refractivity contribution < 1.29 is 0 Å². The van der Waals surface area contributed by atoms with E-state index in [9.17, 15) is 0 Å². The molecule has 1 aliphatic carbocycles. The van der Waals surface area contributed by atoms with Crippen molar-refractivity contribution in [2.24, 2.45) is 17.6 Å². The van der Waals surface area contributed by atoms with Crippen LogP contribution >= 0.6 is 0 Å². The van der Waals surface area contributed by atoms with Crippen molar-refractivity contribution in [2.75, 3.05) is 6.54 Å². The molecule has 2 N–H and O–H groups in total. The lowest BCUT2D eigenvalue weighted by atomic mass is 9.77. The topological polar surface area (TPSA) is 56.7 Å². The van der Waals surface area contributed by atoms with E-state index in [0.29, 0.717) is 11.3 Å². The highest BCUT2D eigenvalue weighted by molar-refractivity contribution is 5.15. The van der Waals surface area contributed by atoms with Gasteiger partial charge < -0.3 is 10.3 Å². The zero-order chi connectivity index (χ0) is 14.2. The normalized spacial score (nSPS) is 25.1. The zero-order valence-corrected chi connectivity index (χ0v) is 12.9. The molecule has 1 aromatic rings. The second-order valence-corrected chi connectivity index (χ2v) is 7.27. The molecular formula is C16H28N4. The first-order chi connectivity index (χ1) is 9.64.